The lowest BCUT2D eigenvalue weighted by molar-refractivity contribution is -0.734. The molecule has 3 N–H and O–H groups in total. The Morgan fingerprint density at radius 2 is 1.77 bits per heavy atom. The number of ether oxygens (including phenoxy) is 1. The quantitative estimate of drug-likeness (QED) is 0.563. The first-order valence-corrected chi connectivity index (χ1v) is 9.57. The highest BCUT2D eigenvalue weighted by Crippen LogP contribution is 2.45. The van der Waals surface area contributed by atoms with Gasteiger partial charge in [-0.2, -0.15) is 0 Å². The van der Waals surface area contributed by atoms with Gasteiger partial charge < -0.3 is 15.2 Å². The third-order valence-electron chi connectivity index (χ3n) is 6.24. The number of likely N-dealkylation sites (tertiary alicyclic amines) is 1. The van der Waals surface area contributed by atoms with Crippen LogP contribution in [-0.4, -0.2) is 47.5 Å². The predicted octanol–water partition coefficient (Wildman–Crippen LogP) is 0.535. The highest BCUT2D eigenvalue weighted by molar-refractivity contribution is 6.08. The Kier molecular flexibility index (Phi) is 4.82. The highest BCUT2D eigenvalue weighted by atomic mass is 19.1. The maximum absolute atomic E-state index is 13.5. The Balaban J connectivity index is 1.84. The molecule has 30 heavy (non-hydrogen) atoms. The minimum atomic E-state index is -1.37. The molecular weight excluding hydrogens is 391 g/mol. The van der Waals surface area contributed by atoms with E-state index in [0.29, 0.717) is 11.1 Å². The van der Waals surface area contributed by atoms with E-state index < -0.39 is 41.1 Å². The molecule has 2 aromatic rings. The van der Waals surface area contributed by atoms with Gasteiger partial charge in [-0.1, -0.05) is 24.3 Å². The molecule has 2 saturated heterocycles. The molecule has 2 heterocycles. The minimum absolute atomic E-state index is 0.0789. The summed E-state index contributed by atoms with van der Waals surface area (Å²) < 4.78 is 18.6. The van der Waals surface area contributed by atoms with Crippen LogP contribution in [-0.2, 0) is 25.5 Å². The molecule has 2 aromatic carbocycles. The number of phenols is 1. The molecule has 8 heteroatoms. The first-order valence-electron chi connectivity index (χ1n) is 9.57. The SMILES string of the molecule is COC(=O)[C@]1(Cc2ccc(O)cc2)[NH2+][C@H](c2ccc(F)cc2)[C@H]2C(=O)N(C)C(=O)[C@@H]21. The van der Waals surface area contributed by atoms with Crippen molar-refractivity contribution in [1.82, 2.24) is 4.90 Å². The van der Waals surface area contributed by atoms with E-state index in [0.717, 1.165) is 4.90 Å². The number of quaternary nitrogens is 1. The summed E-state index contributed by atoms with van der Waals surface area (Å²) in [6.45, 7) is 0. The second-order valence-corrected chi connectivity index (χ2v) is 7.86. The Hall–Kier alpha value is -3.26. The first kappa shape index (κ1) is 20.0. The van der Waals surface area contributed by atoms with Crippen molar-refractivity contribution in [3.05, 3.63) is 65.5 Å². The van der Waals surface area contributed by atoms with Gasteiger partial charge in [-0.05, 0) is 29.8 Å². The zero-order chi connectivity index (χ0) is 21.6. The molecule has 2 fully saturated rings. The lowest BCUT2D eigenvalue weighted by Gasteiger charge is -2.29. The maximum atomic E-state index is 13.5. The molecule has 4 atom stereocenters. The maximum Gasteiger partial charge on any atom is 0.369 e. The van der Waals surface area contributed by atoms with Gasteiger partial charge in [0.15, 0.2) is 0 Å². The fourth-order valence-electron chi connectivity index (χ4n) is 4.83. The topological polar surface area (TPSA) is 101 Å². The van der Waals surface area contributed by atoms with Crippen LogP contribution in [0.5, 0.6) is 5.75 Å². The molecule has 0 aromatic heterocycles. The third-order valence-corrected chi connectivity index (χ3v) is 6.24. The average Bonchev–Trinajstić information content (AvgIpc) is 3.20. The number of methoxy groups -OCH3 is 1. The Morgan fingerprint density at radius 1 is 1.13 bits per heavy atom. The molecule has 156 valence electrons. The van der Waals surface area contributed by atoms with Gasteiger partial charge in [0.25, 0.3) is 0 Å². The summed E-state index contributed by atoms with van der Waals surface area (Å²) in [6.07, 6.45) is 0.131. The molecule has 0 unspecified atom stereocenters. The predicted molar refractivity (Wildman–Crippen MR) is 102 cm³/mol. The van der Waals surface area contributed by atoms with Crippen LogP contribution in [0.25, 0.3) is 0 Å². The second kappa shape index (κ2) is 7.21. The van der Waals surface area contributed by atoms with E-state index in [-0.39, 0.29) is 18.1 Å². The lowest BCUT2D eigenvalue weighted by Crippen LogP contribution is -2.98. The van der Waals surface area contributed by atoms with Crippen LogP contribution in [0.15, 0.2) is 48.5 Å². The van der Waals surface area contributed by atoms with Crippen LogP contribution in [0.4, 0.5) is 4.39 Å². The number of carbonyl (C=O) groups excluding carboxylic acids is 3. The molecule has 7 nitrogen and oxygen atoms in total. The number of benzene rings is 2. The van der Waals surface area contributed by atoms with Crippen molar-refractivity contribution in [3.63, 3.8) is 0 Å². The van der Waals surface area contributed by atoms with Gasteiger partial charge in [-0.25, -0.2) is 9.18 Å². The number of esters is 1. The van der Waals surface area contributed by atoms with Crippen molar-refractivity contribution >= 4 is 17.8 Å². The largest absolute Gasteiger partial charge is 0.508 e. The Morgan fingerprint density at radius 3 is 2.37 bits per heavy atom. The van der Waals surface area contributed by atoms with E-state index in [2.05, 4.69) is 0 Å². The summed E-state index contributed by atoms with van der Waals surface area (Å²) in [5.41, 5.74) is -0.00506. The molecule has 4 rings (SSSR count). The number of hydrogen-bond donors (Lipinski definition) is 2. The summed E-state index contributed by atoms with van der Waals surface area (Å²) in [5.74, 6) is -3.44. The van der Waals surface area contributed by atoms with Crippen molar-refractivity contribution < 1.29 is 33.9 Å². The number of phenolic OH excluding ortho intramolecular Hbond substituents is 1. The molecule has 2 amide bonds. The average molecular weight is 413 g/mol. The summed E-state index contributed by atoms with van der Waals surface area (Å²) in [7, 11) is 2.66. The van der Waals surface area contributed by atoms with Crippen molar-refractivity contribution in [2.24, 2.45) is 11.8 Å². The Labute approximate surface area is 172 Å². The number of carbonyl (C=O) groups is 3. The zero-order valence-electron chi connectivity index (χ0n) is 16.5. The Bertz CT molecular complexity index is 1010. The molecule has 0 radical (unpaired) electrons. The highest BCUT2D eigenvalue weighted by Gasteiger charge is 2.71. The van der Waals surface area contributed by atoms with Crippen LogP contribution in [0, 0.1) is 17.7 Å². The van der Waals surface area contributed by atoms with Crippen LogP contribution >= 0.6 is 0 Å². The van der Waals surface area contributed by atoms with Crippen molar-refractivity contribution in [2.45, 2.75) is 18.0 Å². The monoisotopic (exact) mass is 413 g/mol. The number of hydrogen-bond acceptors (Lipinski definition) is 5. The minimum Gasteiger partial charge on any atom is -0.508 e. The van der Waals surface area contributed by atoms with Gasteiger partial charge in [0, 0.05) is 19.0 Å². The summed E-state index contributed by atoms with van der Waals surface area (Å²) in [4.78, 5) is 40.2. The van der Waals surface area contributed by atoms with Crippen LogP contribution < -0.4 is 5.32 Å². The number of nitrogens with zero attached hydrogens (tertiary/aromatic N) is 1. The number of nitrogens with two attached hydrogens (primary N) is 1. The number of fused-ring (bicyclic) bond motifs is 1. The van der Waals surface area contributed by atoms with Crippen molar-refractivity contribution in [2.75, 3.05) is 14.2 Å². The van der Waals surface area contributed by atoms with Gasteiger partial charge in [-0.15, -0.1) is 0 Å². The normalized spacial score (nSPS) is 28.0. The molecule has 2 aliphatic rings. The van der Waals surface area contributed by atoms with Gasteiger partial charge >= 0.3 is 5.97 Å². The zero-order valence-corrected chi connectivity index (χ0v) is 16.5. The van der Waals surface area contributed by atoms with Crippen LogP contribution in [0.2, 0.25) is 0 Å². The molecule has 0 aliphatic carbocycles. The van der Waals surface area contributed by atoms with E-state index in [9.17, 15) is 23.9 Å². The fourth-order valence-corrected chi connectivity index (χ4v) is 4.83. The van der Waals surface area contributed by atoms with E-state index in [1.807, 2.05) is 0 Å². The van der Waals surface area contributed by atoms with Crippen molar-refractivity contribution in [3.8, 4) is 5.75 Å². The summed E-state index contributed by atoms with van der Waals surface area (Å²) >= 11 is 0. The molecule has 0 saturated carbocycles. The number of halogens is 1. The van der Waals surface area contributed by atoms with Gasteiger partial charge in [0.1, 0.15) is 29.4 Å². The van der Waals surface area contributed by atoms with Crippen LogP contribution in [0.3, 0.4) is 0 Å². The van der Waals surface area contributed by atoms with E-state index in [1.54, 1.807) is 29.6 Å². The number of aromatic hydroxyl groups is 1. The molecular formula is C22H22FN2O5+. The summed E-state index contributed by atoms with van der Waals surface area (Å²) in [5, 5.41) is 11.3. The third kappa shape index (κ3) is 2.95. The van der Waals surface area contributed by atoms with Gasteiger partial charge in [0.2, 0.25) is 17.4 Å². The van der Waals surface area contributed by atoms with E-state index >= 15 is 0 Å². The number of amides is 2. The van der Waals surface area contributed by atoms with Crippen molar-refractivity contribution in [1.29, 1.82) is 0 Å². The second-order valence-electron chi connectivity index (χ2n) is 7.86. The smallest absolute Gasteiger partial charge is 0.369 e. The molecule has 0 bridgehead atoms. The standard InChI is InChI=1S/C22H21FN2O5/c1-25-19(27)16-17(20(25)28)22(21(29)30-2,11-12-3-9-15(26)10-4-12)24-18(16)13-5-7-14(23)8-6-13/h3-10,16-18,24,26H,11H2,1-2H3/p+1/t16-,17+,18+,22+/m0/s1. The van der Waals surface area contributed by atoms with E-state index in [1.165, 1.54) is 38.4 Å². The van der Waals surface area contributed by atoms with Crippen LogP contribution in [0.1, 0.15) is 17.2 Å². The number of rotatable bonds is 4. The summed E-state index contributed by atoms with van der Waals surface area (Å²) in [6, 6.07) is 11.5. The molecule has 0 spiro atoms. The fraction of sp³-hybridized carbons (Fsp3) is 0.318. The van der Waals surface area contributed by atoms with Gasteiger partial charge in [0.05, 0.1) is 7.11 Å². The molecule has 2 aliphatic heterocycles. The lowest BCUT2D eigenvalue weighted by atomic mass is 9.76. The van der Waals surface area contributed by atoms with Gasteiger partial charge in [-0.3, -0.25) is 14.5 Å². The van der Waals surface area contributed by atoms with E-state index in [4.69, 9.17) is 4.74 Å². The first-order chi connectivity index (χ1) is 14.3. The number of imide groups is 1.